The van der Waals surface area contributed by atoms with Crippen LogP contribution in [0.5, 0.6) is 0 Å². The summed E-state index contributed by atoms with van der Waals surface area (Å²) in [6.45, 7) is 48.2. The van der Waals surface area contributed by atoms with Crippen LogP contribution in [0.15, 0.2) is 47.5 Å². The van der Waals surface area contributed by atoms with Gasteiger partial charge in [-0.05, 0) is 0 Å². The smallest absolute Gasteiger partial charge is 1.00 e. The number of benzene rings is 4. The van der Waals surface area contributed by atoms with Gasteiger partial charge in [0.15, 0.2) is 0 Å². The molecule has 0 aromatic heterocycles. The molecule has 2 aliphatic carbocycles. The number of allylic oxidation sites excluding steroid dienone is 2. The molecule has 3 heteroatoms. The maximum absolute atomic E-state index is 3.03. The van der Waals surface area contributed by atoms with E-state index in [-0.39, 0.29) is 46.5 Å². The predicted octanol–water partition coefficient (Wildman–Crippen LogP) is 11.5. The molecule has 0 amide bonds. The van der Waals surface area contributed by atoms with Gasteiger partial charge in [-0.2, -0.15) is 0 Å². The molecule has 0 spiro atoms. The van der Waals surface area contributed by atoms with Gasteiger partial charge in [0.05, 0.1) is 0 Å². The minimum absolute atomic E-state index is 0. The first-order chi connectivity index (χ1) is 27.2. The molecule has 2 atom stereocenters. The van der Waals surface area contributed by atoms with E-state index in [1.165, 1.54) is 75.0 Å². The predicted molar refractivity (Wildman–Crippen MR) is 259 cm³/mol. The van der Waals surface area contributed by atoms with Crippen LogP contribution in [0.25, 0.3) is 34.4 Å². The Kier molecular flexibility index (Phi) is 13.6. The molecule has 0 bridgehead atoms. The van der Waals surface area contributed by atoms with Gasteiger partial charge < -0.3 is 24.8 Å². The molecule has 1 heterocycles. The van der Waals surface area contributed by atoms with Crippen LogP contribution in [0.2, 0.25) is 8.26 Å². The van der Waals surface area contributed by atoms with Gasteiger partial charge in [0.25, 0.3) is 0 Å². The normalized spacial score (nSPS) is 17.7. The van der Waals surface area contributed by atoms with Crippen LogP contribution in [-0.4, -0.2) is 0 Å². The first-order valence-corrected chi connectivity index (χ1v) is 29.5. The summed E-state index contributed by atoms with van der Waals surface area (Å²) in [6, 6.07) is 15.2. The van der Waals surface area contributed by atoms with Crippen molar-refractivity contribution in [3.63, 3.8) is 0 Å². The van der Waals surface area contributed by atoms with E-state index < -0.39 is 20.3 Å². The summed E-state index contributed by atoms with van der Waals surface area (Å²) in [5.41, 5.74) is 31.1. The van der Waals surface area contributed by atoms with Gasteiger partial charge in [0.2, 0.25) is 0 Å². The van der Waals surface area contributed by atoms with Gasteiger partial charge >= 0.3 is 369 Å². The molecular weight excluding hydrogens is 859 g/mol. The fraction of sp³-hybridized carbons (Fsp3) is 0.517. The molecule has 0 saturated carbocycles. The van der Waals surface area contributed by atoms with E-state index in [9.17, 15) is 0 Å². The van der Waals surface area contributed by atoms with Gasteiger partial charge in [-0.15, -0.1) is 0 Å². The molecule has 328 valence electrons. The molecule has 1 aliphatic heterocycles. The van der Waals surface area contributed by atoms with E-state index in [4.69, 9.17) is 0 Å². The molecule has 0 radical (unpaired) electrons. The zero-order valence-electron chi connectivity index (χ0n) is 41.9. The average Bonchev–Trinajstić information content (AvgIpc) is 3.69. The quantitative estimate of drug-likeness (QED) is 0.181. The average molecular weight is 937 g/mol. The number of hydrogen-bond donors (Lipinski definition) is 0. The standard InChI is InChI=1S/2C28H37.C2H4.2ClH.Zr/c2*1-11-20-12-24-18(3)17(2)19(4)26(25(24)13-20)21-14-22(27(5,6)7)16-23(15-21)28(8,9)10;1-2;;;/h2*12-16H,11H2,1-10H3;1-2H2;2*1H;/q;;;;;+2/p-2. The van der Waals surface area contributed by atoms with Crippen LogP contribution in [0.3, 0.4) is 0 Å². The van der Waals surface area contributed by atoms with Crippen molar-refractivity contribution in [2.75, 3.05) is 0 Å². The van der Waals surface area contributed by atoms with Crippen molar-refractivity contribution in [1.29, 1.82) is 0 Å². The molecule has 61 heavy (non-hydrogen) atoms. The molecule has 4 aromatic carbocycles. The first-order valence-electron chi connectivity index (χ1n) is 23.2. The Balaban J connectivity index is 0.00000352. The van der Waals surface area contributed by atoms with Crippen molar-refractivity contribution in [3.8, 4) is 22.3 Å². The van der Waals surface area contributed by atoms with E-state index in [1.54, 1.807) is 44.5 Å². The third-order valence-corrected chi connectivity index (χ3v) is 28.6. The molecule has 0 nitrogen and oxygen atoms in total. The van der Waals surface area contributed by atoms with Crippen molar-refractivity contribution in [2.24, 2.45) is 0 Å². The summed E-state index contributed by atoms with van der Waals surface area (Å²) >= 11 is -3.03. The molecule has 1 fully saturated rings. The molecule has 0 N–H and O–H groups in total. The Hall–Kier alpha value is -2.18. The zero-order valence-corrected chi connectivity index (χ0v) is 45.8. The maximum Gasteiger partial charge on any atom is -1.00 e. The molecule has 4 aromatic rings. The van der Waals surface area contributed by atoms with Crippen LogP contribution in [0, 0.1) is 41.5 Å². The van der Waals surface area contributed by atoms with Gasteiger partial charge in [0, 0.05) is 0 Å². The first kappa shape index (κ1) is 49.8. The Morgan fingerprint density at radius 1 is 0.426 bits per heavy atom. The molecular formula is C58H78Cl2Zr. The van der Waals surface area contributed by atoms with E-state index in [0.29, 0.717) is 7.25 Å². The van der Waals surface area contributed by atoms with Crippen LogP contribution in [-0.2, 0) is 41.9 Å². The monoisotopic (exact) mass is 934 g/mol. The van der Waals surface area contributed by atoms with Crippen LogP contribution >= 0.6 is 0 Å². The summed E-state index contributed by atoms with van der Waals surface area (Å²) in [4.78, 5) is 0. The summed E-state index contributed by atoms with van der Waals surface area (Å²) < 4.78 is 4.23. The Labute approximate surface area is 390 Å². The third-order valence-electron chi connectivity index (χ3n) is 15.6. The zero-order chi connectivity index (χ0) is 43.7. The van der Waals surface area contributed by atoms with Gasteiger partial charge in [0.1, 0.15) is 0 Å². The van der Waals surface area contributed by atoms with Crippen LogP contribution < -0.4 is 24.8 Å². The number of hydrogen-bond acceptors (Lipinski definition) is 0. The molecule has 3 aliphatic rings. The second-order valence-electron chi connectivity index (χ2n) is 23.5. The second kappa shape index (κ2) is 16.7. The van der Waals surface area contributed by atoms with E-state index in [0.717, 1.165) is 12.8 Å². The number of rotatable bonds is 6. The summed E-state index contributed by atoms with van der Waals surface area (Å²) in [5, 5.41) is 0. The van der Waals surface area contributed by atoms with Crippen molar-refractivity contribution in [2.45, 2.75) is 188 Å². The van der Waals surface area contributed by atoms with Crippen molar-refractivity contribution >= 4 is 12.2 Å². The maximum atomic E-state index is 2.74. The Bertz CT molecular complexity index is 2220. The number of halogens is 2. The SMILES string of the molecule is CCC1=Cc2c(-c3cc(C(C)(C)C)cc(C(C)(C)C)c3)c(C)c(C)c(C)c2[CH]1[Zr+2]1([CH]2C(CC)=Cc3c(-c4cc(C(C)(C)C)cc(C(C)(C)C)c4)c(C)c(C)c(C)c32)[CH2][CH2]1.[Cl-].[Cl-]. The van der Waals surface area contributed by atoms with Crippen molar-refractivity contribution in [1.82, 2.24) is 0 Å². The van der Waals surface area contributed by atoms with Gasteiger partial charge in [-0.3, -0.25) is 0 Å². The fourth-order valence-corrected chi connectivity index (χ4v) is 29.5. The molecule has 7 rings (SSSR count). The Morgan fingerprint density at radius 2 is 0.705 bits per heavy atom. The van der Waals surface area contributed by atoms with Crippen molar-refractivity contribution in [3.05, 3.63) is 125 Å². The summed E-state index contributed by atoms with van der Waals surface area (Å²) in [5.74, 6) is 0. The summed E-state index contributed by atoms with van der Waals surface area (Å²) in [6.07, 6.45) is 7.76. The van der Waals surface area contributed by atoms with Crippen LogP contribution in [0.1, 0.15) is 195 Å². The fourth-order valence-electron chi connectivity index (χ4n) is 11.2. The van der Waals surface area contributed by atoms with Crippen LogP contribution in [0.4, 0.5) is 0 Å². The number of fused-ring (bicyclic) bond motifs is 2. The summed E-state index contributed by atoms with van der Waals surface area (Å²) in [7, 11) is 0. The molecule has 1 saturated heterocycles. The van der Waals surface area contributed by atoms with E-state index in [2.05, 4.69) is 187 Å². The van der Waals surface area contributed by atoms with Crippen molar-refractivity contribution < 1.29 is 45.1 Å². The second-order valence-corrected chi connectivity index (χ2v) is 34.9. The van der Waals surface area contributed by atoms with E-state index in [1.807, 2.05) is 0 Å². The van der Waals surface area contributed by atoms with Gasteiger partial charge in [-0.25, -0.2) is 0 Å². The minimum atomic E-state index is -3.03. The van der Waals surface area contributed by atoms with Gasteiger partial charge in [-0.1, -0.05) is 0 Å². The largest absolute Gasteiger partial charge is 1.00 e. The Morgan fingerprint density at radius 3 is 0.934 bits per heavy atom. The topological polar surface area (TPSA) is 0 Å². The molecule has 2 unspecified atom stereocenters. The minimum Gasteiger partial charge on any atom is -1.00 e. The third kappa shape index (κ3) is 8.36. The van der Waals surface area contributed by atoms with E-state index >= 15 is 0 Å².